The van der Waals surface area contributed by atoms with Crippen molar-refractivity contribution in [3.63, 3.8) is 0 Å². The van der Waals surface area contributed by atoms with E-state index in [1.54, 1.807) is 56.7 Å². The van der Waals surface area contributed by atoms with Crippen molar-refractivity contribution >= 4 is 46.7 Å². The quantitative estimate of drug-likeness (QED) is 0.244. The first kappa shape index (κ1) is 25.7. The van der Waals surface area contributed by atoms with Crippen LogP contribution in [0.3, 0.4) is 0 Å². The number of aromatic nitrogens is 3. The number of hydrogen-bond donors (Lipinski definition) is 2. The average molecular weight is 544 g/mol. The Morgan fingerprint density at radius 1 is 0.972 bits per heavy atom. The van der Waals surface area contributed by atoms with Crippen LogP contribution in [0.5, 0.6) is 11.5 Å². The zero-order valence-corrected chi connectivity index (χ0v) is 21.8. The Bertz CT molecular complexity index is 1370. The molecule has 1 heterocycles. The Labute approximate surface area is 222 Å². The molecule has 2 amide bonds. The lowest BCUT2D eigenvalue weighted by Gasteiger charge is -2.13. The fraction of sp³-hybridized carbons (Fsp3) is 0.160. The maximum Gasteiger partial charge on any atom is 0.319 e. The van der Waals surface area contributed by atoms with Gasteiger partial charge in [-0.2, -0.15) is 0 Å². The number of urea groups is 1. The van der Waals surface area contributed by atoms with Gasteiger partial charge in [0.15, 0.2) is 11.0 Å². The maximum atomic E-state index is 12.5. The molecule has 2 N–H and O–H groups in total. The van der Waals surface area contributed by atoms with Crippen LogP contribution in [0.1, 0.15) is 11.4 Å². The van der Waals surface area contributed by atoms with E-state index in [1.807, 2.05) is 28.8 Å². The Morgan fingerprint density at radius 3 is 2.47 bits per heavy atom. The van der Waals surface area contributed by atoms with Crippen LogP contribution in [-0.4, -0.2) is 35.0 Å². The highest BCUT2D eigenvalue weighted by atomic mass is 35.5. The number of rotatable bonds is 9. The van der Waals surface area contributed by atoms with E-state index in [2.05, 4.69) is 20.8 Å². The summed E-state index contributed by atoms with van der Waals surface area (Å²) in [5.74, 6) is 2.56. The molecule has 0 atom stereocenters. The Balaban J connectivity index is 1.54. The lowest BCUT2D eigenvalue weighted by molar-refractivity contribution is 0.251. The van der Waals surface area contributed by atoms with E-state index in [-0.39, 0.29) is 6.54 Å². The molecule has 0 saturated heterocycles. The number of nitrogens with one attached hydrogen (secondary N) is 2. The normalized spacial score (nSPS) is 10.7. The molecule has 0 unspecified atom stereocenters. The summed E-state index contributed by atoms with van der Waals surface area (Å²) < 4.78 is 12.3. The van der Waals surface area contributed by atoms with Crippen molar-refractivity contribution in [1.82, 2.24) is 20.1 Å². The van der Waals surface area contributed by atoms with Gasteiger partial charge in [0, 0.05) is 22.5 Å². The van der Waals surface area contributed by atoms with Crippen molar-refractivity contribution in [3.8, 4) is 17.2 Å². The van der Waals surface area contributed by atoms with E-state index in [4.69, 9.17) is 32.7 Å². The zero-order valence-electron chi connectivity index (χ0n) is 19.5. The van der Waals surface area contributed by atoms with E-state index < -0.39 is 6.03 Å². The summed E-state index contributed by atoms with van der Waals surface area (Å²) in [7, 11) is 3.20. The van der Waals surface area contributed by atoms with E-state index in [0.717, 1.165) is 11.3 Å². The SMILES string of the molecule is COc1cccc(CSc2nnc(CNC(=O)Nc3cccc(OC)c3)n2-c2ccc(Cl)cc2Cl)c1. The summed E-state index contributed by atoms with van der Waals surface area (Å²) in [6.45, 7) is 0.113. The molecule has 11 heteroatoms. The highest BCUT2D eigenvalue weighted by molar-refractivity contribution is 7.98. The van der Waals surface area contributed by atoms with E-state index in [0.29, 0.717) is 43.9 Å². The molecule has 3 aromatic carbocycles. The number of nitrogens with zero attached hydrogens (tertiary/aromatic N) is 3. The average Bonchev–Trinajstić information content (AvgIpc) is 3.29. The molecule has 0 fully saturated rings. The molecule has 0 spiro atoms. The number of ether oxygens (including phenoxy) is 2. The molecule has 4 aromatic rings. The summed E-state index contributed by atoms with van der Waals surface area (Å²) in [5.41, 5.74) is 2.32. The number of anilines is 1. The van der Waals surface area contributed by atoms with Crippen molar-refractivity contribution in [1.29, 1.82) is 0 Å². The Kier molecular flexibility index (Phi) is 8.58. The molecular formula is C25H23Cl2N5O3S. The number of carbonyl (C=O) groups is 1. The molecule has 0 radical (unpaired) electrons. The predicted octanol–water partition coefficient (Wildman–Crippen LogP) is 6.21. The molecular weight excluding hydrogens is 521 g/mol. The van der Waals surface area contributed by atoms with Crippen molar-refractivity contribution < 1.29 is 14.3 Å². The molecule has 0 aliphatic heterocycles. The summed E-state index contributed by atoms with van der Waals surface area (Å²) in [5, 5.41) is 15.9. The summed E-state index contributed by atoms with van der Waals surface area (Å²) in [6, 6.07) is 19.7. The smallest absolute Gasteiger partial charge is 0.319 e. The van der Waals surface area contributed by atoms with Crippen LogP contribution in [0.25, 0.3) is 5.69 Å². The highest BCUT2D eigenvalue weighted by Gasteiger charge is 2.18. The van der Waals surface area contributed by atoms with Crippen molar-refractivity contribution in [2.45, 2.75) is 17.5 Å². The molecule has 0 aliphatic carbocycles. The summed E-state index contributed by atoms with van der Waals surface area (Å²) >= 11 is 14.1. The number of carbonyl (C=O) groups excluding carboxylic acids is 1. The maximum absolute atomic E-state index is 12.5. The van der Waals surface area contributed by atoms with Crippen molar-refractivity contribution in [2.24, 2.45) is 0 Å². The number of benzene rings is 3. The first-order chi connectivity index (χ1) is 17.5. The number of halogens is 2. The van der Waals surface area contributed by atoms with Crippen LogP contribution in [0.4, 0.5) is 10.5 Å². The first-order valence-electron chi connectivity index (χ1n) is 10.8. The Morgan fingerprint density at radius 2 is 1.72 bits per heavy atom. The topological polar surface area (TPSA) is 90.3 Å². The third-order valence-corrected chi connectivity index (χ3v) is 6.63. The number of thioether (sulfide) groups is 1. The van der Waals surface area contributed by atoms with E-state index in [1.165, 1.54) is 11.8 Å². The second-order valence-electron chi connectivity index (χ2n) is 7.51. The van der Waals surface area contributed by atoms with Gasteiger partial charge in [0.1, 0.15) is 11.5 Å². The second-order valence-corrected chi connectivity index (χ2v) is 9.30. The van der Waals surface area contributed by atoms with Gasteiger partial charge in [-0.3, -0.25) is 4.57 Å². The molecule has 0 aliphatic rings. The van der Waals surface area contributed by atoms with Gasteiger partial charge in [0.05, 0.1) is 31.5 Å². The highest BCUT2D eigenvalue weighted by Crippen LogP contribution is 2.31. The molecule has 0 saturated carbocycles. The molecule has 8 nitrogen and oxygen atoms in total. The third-order valence-electron chi connectivity index (χ3n) is 5.09. The zero-order chi connectivity index (χ0) is 25.5. The van der Waals surface area contributed by atoms with Gasteiger partial charge in [-0.05, 0) is 48.0 Å². The van der Waals surface area contributed by atoms with Crippen LogP contribution < -0.4 is 20.1 Å². The standard InChI is InChI=1S/C25H23Cl2N5O3S/c1-34-19-7-3-5-16(11-19)15-36-25-31-30-23(32(25)22-10-9-17(26)12-21(22)27)14-28-24(33)29-18-6-4-8-20(13-18)35-2/h3-13H,14-15H2,1-2H3,(H2,28,29,33). The lowest BCUT2D eigenvalue weighted by atomic mass is 10.2. The monoisotopic (exact) mass is 543 g/mol. The minimum Gasteiger partial charge on any atom is -0.497 e. The number of amides is 2. The van der Waals surface area contributed by atoms with Crippen LogP contribution in [-0.2, 0) is 12.3 Å². The van der Waals surface area contributed by atoms with Gasteiger partial charge in [-0.15, -0.1) is 10.2 Å². The second kappa shape index (κ2) is 12.0. The van der Waals surface area contributed by atoms with Crippen LogP contribution >= 0.6 is 35.0 Å². The van der Waals surface area contributed by atoms with E-state index in [9.17, 15) is 4.79 Å². The van der Waals surface area contributed by atoms with Gasteiger partial charge >= 0.3 is 6.03 Å². The van der Waals surface area contributed by atoms with Gasteiger partial charge < -0.3 is 20.1 Å². The van der Waals surface area contributed by atoms with Crippen LogP contribution in [0.2, 0.25) is 10.0 Å². The minimum absolute atomic E-state index is 0.113. The van der Waals surface area contributed by atoms with Gasteiger partial charge in [-0.25, -0.2) is 4.79 Å². The summed E-state index contributed by atoms with van der Waals surface area (Å²) in [6.07, 6.45) is 0. The molecule has 186 valence electrons. The van der Waals surface area contributed by atoms with Crippen LogP contribution in [0, 0.1) is 0 Å². The fourth-order valence-corrected chi connectivity index (χ4v) is 4.76. The number of methoxy groups -OCH3 is 2. The van der Waals surface area contributed by atoms with Crippen LogP contribution in [0.15, 0.2) is 71.9 Å². The summed E-state index contributed by atoms with van der Waals surface area (Å²) in [4.78, 5) is 12.5. The number of hydrogen-bond acceptors (Lipinski definition) is 6. The molecule has 0 bridgehead atoms. The van der Waals surface area contributed by atoms with E-state index >= 15 is 0 Å². The minimum atomic E-state index is -0.398. The van der Waals surface area contributed by atoms with Crippen molar-refractivity contribution in [3.05, 3.63) is 88.2 Å². The molecule has 36 heavy (non-hydrogen) atoms. The van der Waals surface area contributed by atoms with Gasteiger partial charge in [0.2, 0.25) is 0 Å². The largest absolute Gasteiger partial charge is 0.497 e. The van der Waals surface area contributed by atoms with Gasteiger partial charge in [-0.1, -0.05) is 53.2 Å². The lowest BCUT2D eigenvalue weighted by Crippen LogP contribution is -2.29. The first-order valence-corrected chi connectivity index (χ1v) is 12.6. The molecule has 4 rings (SSSR count). The third kappa shape index (κ3) is 6.42. The molecule has 1 aromatic heterocycles. The predicted molar refractivity (Wildman–Crippen MR) is 143 cm³/mol. The Hall–Kier alpha value is -3.40. The fourth-order valence-electron chi connectivity index (χ4n) is 3.36. The van der Waals surface area contributed by atoms with Gasteiger partial charge in [0.25, 0.3) is 0 Å². The van der Waals surface area contributed by atoms with Crippen molar-refractivity contribution in [2.75, 3.05) is 19.5 Å².